The summed E-state index contributed by atoms with van der Waals surface area (Å²) in [6.45, 7) is 6.06. The van der Waals surface area contributed by atoms with E-state index in [4.69, 9.17) is 4.74 Å². The molecule has 0 saturated carbocycles. The van der Waals surface area contributed by atoms with Crippen molar-refractivity contribution in [1.82, 2.24) is 4.72 Å². The largest absolute Gasteiger partial charge is 0.598 e. The summed E-state index contributed by atoms with van der Waals surface area (Å²) >= 11 is -0.999. The molecule has 0 aliphatic heterocycles. The molecule has 0 radical (unpaired) electrons. The average Bonchev–Trinajstić information content (AvgIpc) is 2.19. The molecule has 1 unspecified atom stereocenters. The Bertz CT molecular complexity index is 366. The summed E-state index contributed by atoms with van der Waals surface area (Å²) in [5, 5.41) is 0. The highest BCUT2D eigenvalue weighted by molar-refractivity contribution is 7.88. The third-order valence-electron chi connectivity index (χ3n) is 2.59. The minimum absolute atomic E-state index is 0.0791. The van der Waals surface area contributed by atoms with Crippen molar-refractivity contribution in [2.24, 2.45) is 0 Å². The Morgan fingerprint density at radius 2 is 1.94 bits per heavy atom. The molecule has 0 aromatic heterocycles. The normalized spacial score (nSPS) is 14.6. The van der Waals surface area contributed by atoms with Gasteiger partial charge in [0, 0.05) is 11.4 Å². The summed E-state index contributed by atoms with van der Waals surface area (Å²) in [5.74, 6) is 0.895. The first-order valence-electron chi connectivity index (χ1n) is 5.20. The Morgan fingerprint density at radius 3 is 2.44 bits per heavy atom. The van der Waals surface area contributed by atoms with E-state index in [1.54, 1.807) is 13.4 Å². The maximum atomic E-state index is 11.1. The van der Waals surface area contributed by atoms with Crippen LogP contribution in [0, 0.1) is 13.8 Å². The predicted octanol–water partition coefficient (Wildman–Crippen LogP) is 2.26. The van der Waals surface area contributed by atoms with Gasteiger partial charge < -0.3 is 9.29 Å². The lowest BCUT2D eigenvalue weighted by Gasteiger charge is -2.18. The number of rotatable bonds is 4. The Morgan fingerprint density at radius 1 is 1.31 bits per heavy atom. The summed E-state index contributed by atoms with van der Waals surface area (Å²) in [7, 11) is 1.67. The molecule has 0 spiro atoms. The molecule has 1 aromatic rings. The van der Waals surface area contributed by atoms with Crippen LogP contribution >= 0.6 is 0 Å². The van der Waals surface area contributed by atoms with E-state index in [1.807, 2.05) is 26.8 Å². The SMILES string of the molecule is COc1cc(C)c([C@H](C)N[S+](C)[O-])cc1C. The molecule has 0 saturated heterocycles. The summed E-state index contributed by atoms with van der Waals surface area (Å²) in [6, 6.07) is 4.18. The maximum Gasteiger partial charge on any atom is 0.122 e. The van der Waals surface area contributed by atoms with Gasteiger partial charge >= 0.3 is 0 Å². The molecule has 1 rings (SSSR count). The number of benzene rings is 1. The van der Waals surface area contributed by atoms with Gasteiger partial charge in [0.15, 0.2) is 0 Å². The topological polar surface area (TPSA) is 44.3 Å². The van der Waals surface area contributed by atoms with Gasteiger partial charge in [0.05, 0.1) is 13.2 Å². The molecule has 2 atom stereocenters. The third-order valence-corrected chi connectivity index (χ3v) is 3.28. The van der Waals surface area contributed by atoms with Gasteiger partial charge in [-0.3, -0.25) is 0 Å². The first-order chi connectivity index (χ1) is 7.45. The van der Waals surface area contributed by atoms with E-state index in [0.717, 1.165) is 22.4 Å². The van der Waals surface area contributed by atoms with Crippen LogP contribution in [-0.2, 0) is 11.4 Å². The van der Waals surface area contributed by atoms with Gasteiger partial charge in [-0.1, -0.05) is 6.07 Å². The molecule has 0 aliphatic rings. The average molecular weight is 241 g/mol. The van der Waals surface area contributed by atoms with Gasteiger partial charge in [-0.15, -0.1) is 4.72 Å². The molecule has 0 fully saturated rings. The van der Waals surface area contributed by atoms with Crippen LogP contribution in [0.1, 0.15) is 29.7 Å². The van der Waals surface area contributed by atoms with Gasteiger partial charge in [0.25, 0.3) is 0 Å². The lowest BCUT2D eigenvalue weighted by atomic mass is 10.00. The van der Waals surface area contributed by atoms with Gasteiger partial charge in [0.2, 0.25) is 0 Å². The van der Waals surface area contributed by atoms with Crippen molar-refractivity contribution in [3.05, 3.63) is 28.8 Å². The van der Waals surface area contributed by atoms with Crippen molar-refractivity contribution in [2.45, 2.75) is 26.8 Å². The second-order valence-electron chi connectivity index (χ2n) is 3.97. The smallest absolute Gasteiger partial charge is 0.122 e. The van der Waals surface area contributed by atoms with Gasteiger partial charge in [0.1, 0.15) is 12.0 Å². The summed E-state index contributed by atoms with van der Waals surface area (Å²) in [5.41, 5.74) is 3.40. The molecule has 0 aliphatic carbocycles. The minimum atomic E-state index is -0.999. The fourth-order valence-corrected chi connectivity index (χ4v) is 2.44. The standard InChI is InChI=1S/C12H19NO2S/c1-8-7-12(15-4)9(2)6-11(8)10(3)13-16(5)14/h6-7,10,13H,1-5H3/t10-,16?/m0/s1. The van der Waals surface area contributed by atoms with E-state index in [9.17, 15) is 4.55 Å². The van der Waals surface area contributed by atoms with E-state index in [2.05, 4.69) is 10.8 Å². The number of hydrogen-bond acceptors (Lipinski definition) is 3. The quantitative estimate of drug-likeness (QED) is 0.822. The molecule has 3 nitrogen and oxygen atoms in total. The molecule has 0 amide bonds. The predicted molar refractivity (Wildman–Crippen MR) is 68.1 cm³/mol. The molecule has 90 valence electrons. The second kappa shape index (κ2) is 5.57. The highest BCUT2D eigenvalue weighted by Crippen LogP contribution is 2.26. The van der Waals surface area contributed by atoms with E-state index in [-0.39, 0.29) is 6.04 Å². The van der Waals surface area contributed by atoms with Crippen molar-refractivity contribution >= 4 is 11.4 Å². The van der Waals surface area contributed by atoms with Gasteiger partial charge in [-0.05, 0) is 43.5 Å². The number of aryl methyl sites for hydroxylation is 2. The second-order valence-corrected chi connectivity index (χ2v) is 5.12. The Balaban J connectivity index is 3.01. The van der Waals surface area contributed by atoms with Crippen LogP contribution < -0.4 is 9.46 Å². The summed E-state index contributed by atoms with van der Waals surface area (Å²) < 4.78 is 19.4. The van der Waals surface area contributed by atoms with Gasteiger partial charge in [-0.2, -0.15) is 0 Å². The van der Waals surface area contributed by atoms with Crippen molar-refractivity contribution in [3.8, 4) is 5.75 Å². The van der Waals surface area contributed by atoms with Crippen molar-refractivity contribution < 1.29 is 9.29 Å². The van der Waals surface area contributed by atoms with E-state index >= 15 is 0 Å². The fraction of sp³-hybridized carbons (Fsp3) is 0.500. The molecule has 1 N–H and O–H groups in total. The van der Waals surface area contributed by atoms with Crippen LogP contribution in [0.3, 0.4) is 0 Å². The van der Waals surface area contributed by atoms with Crippen molar-refractivity contribution in [2.75, 3.05) is 13.4 Å². The zero-order valence-corrected chi connectivity index (χ0v) is 11.3. The Hall–Kier alpha value is -0.710. The van der Waals surface area contributed by atoms with Crippen molar-refractivity contribution in [3.63, 3.8) is 0 Å². The van der Waals surface area contributed by atoms with Crippen LogP contribution in [-0.4, -0.2) is 17.9 Å². The van der Waals surface area contributed by atoms with E-state index < -0.39 is 11.4 Å². The molecule has 4 heteroatoms. The molecule has 16 heavy (non-hydrogen) atoms. The van der Waals surface area contributed by atoms with Crippen LogP contribution in [0.15, 0.2) is 12.1 Å². The van der Waals surface area contributed by atoms with Crippen LogP contribution in [0.25, 0.3) is 0 Å². The summed E-state index contributed by atoms with van der Waals surface area (Å²) in [6.07, 6.45) is 1.64. The Labute approximate surface area is 101 Å². The lowest BCUT2D eigenvalue weighted by molar-refractivity contribution is 0.411. The lowest BCUT2D eigenvalue weighted by Crippen LogP contribution is -2.26. The van der Waals surface area contributed by atoms with E-state index in [1.165, 1.54) is 0 Å². The zero-order chi connectivity index (χ0) is 12.3. The zero-order valence-electron chi connectivity index (χ0n) is 10.5. The Kier molecular flexibility index (Phi) is 4.65. The number of hydrogen-bond donors (Lipinski definition) is 1. The number of ether oxygens (including phenoxy) is 1. The highest BCUT2D eigenvalue weighted by Gasteiger charge is 2.14. The monoisotopic (exact) mass is 241 g/mol. The number of nitrogens with one attached hydrogen (secondary N) is 1. The maximum absolute atomic E-state index is 11.1. The van der Waals surface area contributed by atoms with Gasteiger partial charge in [-0.25, -0.2) is 0 Å². The summed E-state index contributed by atoms with van der Waals surface area (Å²) in [4.78, 5) is 0. The first kappa shape index (κ1) is 13.4. The van der Waals surface area contributed by atoms with E-state index in [0.29, 0.717) is 0 Å². The van der Waals surface area contributed by atoms with Crippen LogP contribution in [0.5, 0.6) is 5.75 Å². The fourth-order valence-electron chi connectivity index (χ4n) is 1.81. The molecule has 1 aromatic carbocycles. The highest BCUT2D eigenvalue weighted by atomic mass is 32.2. The van der Waals surface area contributed by atoms with Crippen LogP contribution in [0.2, 0.25) is 0 Å². The third kappa shape index (κ3) is 3.14. The van der Waals surface area contributed by atoms with Crippen molar-refractivity contribution in [1.29, 1.82) is 0 Å². The molecular weight excluding hydrogens is 222 g/mol. The first-order valence-corrected chi connectivity index (χ1v) is 6.76. The van der Waals surface area contributed by atoms with Crippen LogP contribution in [0.4, 0.5) is 0 Å². The number of methoxy groups -OCH3 is 1. The molecule has 0 bridgehead atoms. The minimum Gasteiger partial charge on any atom is -0.598 e. The molecule has 0 heterocycles. The molecular formula is C12H19NO2S.